The van der Waals surface area contributed by atoms with Crippen LogP contribution in [0.15, 0.2) is 60.9 Å². The molecule has 1 saturated heterocycles. The van der Waals surface area contributed by atoms with E-state index >= 15 is 0 Å². The van der Waals surface area contributed by atoms with E-state index < -0.39 is 0 Å². The average molecular weight is 341 g/mol. The molecule has 0 N–H and O–H groups in total. The summed E-state index contributed by atoms with van der Waals surface area (Å²) in [5.41, 5.74) is 1.13. The first kappa shape index (κ1) is 17.4. The number of carbonyl (C=O) groups excluding carboxylic acids is 1. The Bertz CT molecular complexity index is 649. The van der Waals surface area contributed by atoms with Gasteiger partial charge in [0.2, 0.25) is 0 Å². The van der Waals surface area contributed by atoms with Gasteiger partial charge in [0, 0.05) is 25.1 Å². The number of hydrogen-bond acceptors (Lipinski definition) is 3. The number of hydrogen-bond donors (Lipinski definition) is 0. The quantitative estimate of drug-likeness (QED) is 0.520. The molecule has 1 aromatic heterocycles. The first-order chi connectivity index (χ1) is 12.3. The van der Waals surface area contributed by atoms with Crippen LogP contribution in [0.2, 0.25) is 0 Å². The second kappa shape index (κ2) is 9.18. The van der Waals surface area contributed by atoms with Crippen LogP contribution in [0.5, 0.6) is 0 Å². The Hall–Kier alpha value is -2.40. The highest BCUT2D eigenvalue weighted by Gasteiger charge is 2.30. The number of cyclic esters (lactones) is 1. The van der Waals surface area contributed by atoms with Gasteiger partial charge >= 0.3 is 6.09 Å². The van der Waals surface area contributed by atoms with E-state index in [-0.39, 0.29) is 12.2 Å². The van der Waals surface area contributed by atoms with Gasteiger partial charge in [0.05, 0.1) is 19.8 Å². The summed E-state index contributed by atoms with van der Waals surface area (Å²) >= 11 is 0. The van der Waals surface area contributed by atoms with E-state index in [1.165, 1.54) is 0 Å². The van der Waals surface area contributed by atoms with E-state index in [1.807, 2.05) is 48.5 Å². The number of benzene rings is 1. The number of rotatable bonds is 9. The number of carbonyl (C=O) groups is 1. The molecule has 2 aromatic rings. The molecule has 1 atom stereocenters. The molecule has 1 aromatic carbocycles. The Morgan fingerprint density at radius 3 is 2.64 bits per heavy atom. The van der Waals surface area contributed by atoms with E-state index in [9.17, 15) is 4.79 Å². The van der Waals surface area contributed by atoms with Crippen molar-refractivity contribution in [3.63, 3.8) is 0 Å². The minimum atomic E-state index is -0.222. The van der Waals surface area contributed by atoms with Gasteiger partial charge in [-0.1, -0.05) is 36.4 Å². The molecule has 5 heteroatoms. The van der Waals surface area contributed by atoms with Crippen molar-refractivity contribution in [2.24, 2.45) is 0 Å². The van der Waals surface area contributed by atoms with Crippen LogP contribution in [0.25, 0.3) is 0 Å². The Kier molecular flexibility index (Phi) is 6.40. The fourth-order valence-corrected chi connectivity index (χ4v) is 2.91. The minimum Gasteiger partial charge on any atom is -0.442 e. The third-order valence-corrected chi connectivity index (χ3v) is 4.24. The molecule has 5 nitrogen and oxygen atoms in total. The zero-order valence-corrected chi connectivity index (χ0v) is 14.4. The molecule has 132 valence electrons. The lowest BCUT2D eigenvalue weighted by Crippen LogP contribution is -2.33. The van der Waals surface area contributed by atoms with E-state index in [0.29, 0.717) is 19.8 Å². The number of amides is 1. The first-order valence-corrected chi connectivity index (χ1v) is 8.82. The molecule has 2 heterocycles. The Morgan fingerprint density at radius 1 is 1.08 bits per heavy atom. The molecule has 1 aliphatic heterocycles. The number of unbranched alkanes of at least 4 members (excludes halogenated alkanes) is 1. The summed E-state index contributed by atoms with van der Waals surface area (Å²) in [5, 5.41) is 0. The zero-order valence-electron chi connectivity index (χ0n) is 14.4. The summed E-state index contributed by atoms with van der Waals surface area (Å²) in [6, 6.07) is 16.1. The second-order valence-electron chi connectivity index (χ2n) is 6.27. The summed E-state index contributed by atoms with van der Waals surface area (Å²) in [7, 11) is 0. The van der Waals surface area contributed by atoms with Crippen LogP contribution < -0.4 is 4.57 Å². The summed E-state index contributed by atoms with van der Waals surface area (Å²) < 4.78 is 13.2. The van der Waals surface area contributed by atoms with Gasteiger partial charge in [-0.05, 0) is 12.0 Å². The molecule has 3 rings (SSSR count). The molecule has 1 amide bonds. The lowest BCUT2D eigenvalue weighted by molar-refractivity contribution is -0.697. The van der Waals surface area contributed by atoms with Crippen molar-refractivity contribution in [2.45, 2.75) is 32.1 Å². The normalized spacial score (nSPS) is 16.9. The van der Waals surface area contributed by atoms with Crippen LogP contribution in [0.1, 0.15) is 18.4 Å². The minimum absolute atomic E-state index is 0.167. The van der Waals surface area contributed by atoms with Crippen molar-refractivity contribution in [3.8, 4) is 0 Å². The molecule has 1 aliphatic rings. The summed E-state index contributed by atoms with van der Waals surface area (Å²) in [6.45, 7) is 3.31. The third-order valence-electron chi connectivity index (χ3n) is 4.24. The molecule has 0 saturated carbocycles. The van der Waals surface area contributed by atoms with Gasteiger partial charge in [-0.15, -0.1) is 0 Å². The summed E-state index contributed by atoms with van der Waals surface area (Å²) in [6.07, 6.45) is 5.73. The standard InChI is InChI=1S/C20H25N2O3/c23-20-22(14-8-7-13-21-11-5-2-6-12-21)15-19(25-20)17-24-16-18-9-3-1-4-10-18/h1-6,9-12,19H,7-8,13-17H2/q+1. The molecular formula is C20H25N2O3+. The van der Waals surface area contributed by atoms with Crippen molar-refractivity contribution in [1.82, 2.24) is 4.90 Å². The number of aromatic nitrogens is 1. The Labute approximate surface area is 148 Å². The van der Waals surface area contributed by atoms with Gasteiger partial charge in [0.1, 0.15) is 12.6 Å². The van der Waals surface area contributed by atoms with Gasteiger partial charge in [-0.3, -0.25) is 0 Å². The predicted octanol–water partition coefficient (Wildman–Crippen LogP) is 2.79. The fourth-order valence-electron chi connectivity index (χ4n) is 2.91. The maximum Gasteiger partial charge on any atom is 0.410 e. The van der Waals surface area contributed by atoms with Crippen molar-refractivity contribution < 1.29 is 18.8 Å². The van der Waals surface area contributed by atoms with Gasteiger partial charge < -0.3 is 14.4 Å². The van der Waals surface area contributed by atoms with Crippen molar-refractivity contribution in [3.05, 3.63) is 66.5 Å². The van der Waals surface area contributed by atoms with E-state index in [0.717, 1.165) is 31.5 Å². The highest BCUT2D eigenvalue weighted by Crippen LogP contribution is 2.13. The summed E-state index contributed by atoms with van der Waals surface area (Å²) in [5.74, 6) is 0. The third kappa shape index (κ3) is 5.57. The molecule has 1 unspecified atom stereocenters. The van der Waals surface area contributed by atoms with Crippen LogP contribution in [-0.4, -0.2) is 36.8 Å². The smallest absolute Gasteiger partial charge is 0.410 e. The highest BCUT2D eigenvalue weighted by atomic mass is 16.6. The van der Waals surface area contributed by atoms with Crippen LogP contribution in [0.3, 0.4) is 0 Å². The zero-order chi connectivity index (χ0) is 17.3. The topological polar surface area (TPSA) is 42.7 Å². The van der Waals surface area contributed by atoms with Crippen LogP contribution >= 0.6 is 0 Å². The van der Waals surface area contributed by atoms with E-state index in [4.69, 9.17) is 9.47 Å². The molecule has 25 heavy (non-hydrogen) atoms. The lowest BCUT2D eigenvalue weighted by atomic mass is 10.2. The molecule has 0 spiro atoms. The second-order valence-corrected chi connectivity index (χ2v) is 6.27. The van der Waals surface area contributed by atoms with E-state index in [2.05, 4.69) is 17.0 Å². The Morgan fingerprint density at radius 2 is 1.84 bits per heavy atom. The fraction of sp³-hybridized carbons (Fsp3) is 0.400. The molecule has 0 bridgehead atoms. The predicted molar refractivity (Wildman–Crippen MR) is 93.8 cm³/mol. The highest BCUT2D eigenvalue weighted by molar-refractivity contribution is 5.69. The summed E-state index contributed by atoms with van der Waals surface area (Å²) in [4.78, 5) is 13.7. The van der Waals surface area contributed by atoms with E-state index in [1.54, 1.807) is 4.90 Å². The number of aryl methyl sites for hydroxylation is 1. The van der Waals surface area contributed by atoms with Crippen molar-refractivity contribution in [1.29, 1.82) is 0 Å². The number of nitrogens with zero attached hydrogens (tertiary/aromatic N) is 2. The molecule has 0 aliphatic carbocycles. The Balaban J connectivity index is 1.32. The number of ether oxygens (including phenoxy) is 2. The monoisotopic (exact) mass is 341 g/mol. The SMILES string of the molecule is O=C1OC(COCc2ccccc2)CN1CCCC[n+]1ccccc1. The van der Waals surface area contributed by atoms with Crippen LogP contribution in [0, 0.1) is 0 Å². The van der Waals surface area contributed by atoms with Crippen LogP contribution in [-0.2, 0) is 22.6 Å². The van der Waals surface area contributed by atoms with Gasteiger partial charge in [0.15, 0.2) is 12.4 Å². The average Bonchev–Trinajstić information content (AvgIpc) is 3.00. The van der Waals surface area contributed by atoms with Crippen molar-refractivity contribution >= 4 is 6.09 Å². The van der Waals surface area contributed by atoms with Crippen molar-refractivity contribution in [2.75, 3.05) is 19.7 Å². The molecule has 1 fully saturated rings. The largest absolute Gasteiger partial charge is 0.442 e. The number of pyridine rings is 1. The van der Waals surface area contributed by atoms with Gasteiger partial charge in [0.25, 0.3) is 0 Å². The van der Waals surface area contributed by atoms with Crippen LogP contribution in [0.4, 0.5) is 4.79 Å². The van der Waals surface area contributed by atoms with Gasteiger partial charge in [-0.25, -0.2) is 9.36 Å². The first-order valence-electron chi connectivity index (χ1n) is 8.82. The molecule has 0 radical (unpaired) electrons. The maximum atomic E-state index is 11.9. The molecular weight excluding hydrogens is 316 g/mol. The van der Waals surface area contributed by atoms with Gasteiger partial charge in [-0.2, -0.15) is 0 Å². The maximum absolute atomic E-state index is 11.9. The lowest BCUT2D eigenvalue weighted by Gasteiger charge is -2.12.